The Morgan fingerprint density at radius 1 is 1.32 bits per heavy atom. The molecule has 0 aliphatic carbocycles. The van der Waals surface area contributed by atoms with Crippen LogP contribution < -0.4 is 10.2 Å². The summed E-state index contributed by atoms with van der Waals surface area (Å²) in [5, 5.41) is 0.622. The summed E-state index contributed by atoms with van der Waals surface area (Å²) >= 11 is 11.8. The van der Waals surface area contributed by atoms with Gasteiger partial charge in [0.1, 0.15) is 6.61 Å². The Morgan fingerprint density at radius 2 is 2.05 bits per heavy atom. The van der Waals surface area contributed by atoms with Crippen molar-refractivity contribution >= 4 is 23.2 Å². The summed E-state index contributed by atoms with van der Waals surface area (Å²) in [5.74, 6) is 0.576. The summed E-state index contributed by atoms with van der Waals surface area (Å²) in [6, 6.07) is 8.85. The van der Waals surface area contributed by atoms with E-state index in [9.17, 15) is 4.79 Å². The van der Waals surface area contributed by atoms with Crippen LogP contribution >= 0.6 is 23.2 Å². The van der Waals surface area contributed by atoms with Crippen molar-refractivity contribution in [3.05, 3.63) is 63.0 Å². The molecule has 1 aromatic carbocycles. The molecule has 0 spiro atoms. The Kier molecular flexibility index (Phi) is 4.51. The van der Waals surface area contributed by atoms with Crippen molar-refractivity contribution in [2.75, 3.05) is 0 Å². The average Bonchev–Trinajstić information content (AvgIpc) is 2.41. The Balaban J connectivity index is 2.19. The van der Waals surface area contributed by atoms with Gasteiger partial charge in [0, 0.05) is 29.4 Å². The highest BCUT2D eigenvalue weighted by atomic mass is 35.5. The van der Waals surface area contributed by atoms with Gasteiger partial charge in [0.2, 0.25) is 5.43 Å². The van der Waals surface area contributed by atoms with Gasteiger partial charge in [0.05, 0.1) is 12.1 Å². The lowest BCUT2D eigenvalue weighted by atomic mass is 10.2. The molecule has 3 nitrogen and oxygen atoms in total. The van der Waals surface area contributed by atoms with Crippen molar-refractivity contribution in [2.45, 2.75) is 12.5 Å². The van der Waals surface area contributed by atoms with Crippen LogP contribution in [-0.4, -0.2) is 4.57 Å². The number of alkyl halides is 1. The summed E-state index contributed by atoms with van der Waals surface area (Å²) in [5.41, 5.74) is 1.41. The molecule has 0 bridgehead atoms. The fourth-order valence-corrected chi connectivity index (χ4v) is 2.11. The lowest BCUT2D eigenvalue weighted by molar-refractivity contribution is 0.300. The Labute approximate surface area is 121 Å². The largest absolute Gasteiger partial charge is 0.483 e. The number of hydrogen-bond acceptors (Lipinski definition) is 2. The first-order chi connectivity index (χ1) is 9.11. The number of hydrogen-bond donors (Lipinski definition) is 0. The van der Waals surface area contributed by atoms with Crippen LogP contribution in [0.2, 0.25) is 5.02 Å². The molecule has 0 radical (unpaired) electrons. The maximum Gasteiger partial charge on any atom is 0.223 e. The number of pyridine rings is 1. The molecule has 19 heavy (non-hydrogen) atoms. The second-order valence-electron chi connectivity index (χ2n) is 4.12. The van der Waals surface area contributed by atoms with E-state index >= 15 is 0 Å². The van der Waals surface area contributed by atoms with Crippen LogP contribution in [0.5, 0.6) is 5.75 Å². The minimum Gasteiger partial charge on any atom is -0.483 e. The topological polar surface area (TPSA) is 31.2 Å². The standard InChI is InChI=1S/C14H13Cl2NO2/c1-17-8-14(13(18)6-11(17)7-15)19-9-10-4-2-3-5-12(10)16/h2-6,8H,7,9H2,1H3. The quantitative estimate of drug-likeness (QED) is 0.811. The maximum absolute atomic E-state index is 11.8. The Morgan fingerprint density at radius 3 is 2.74 bits per heavy atom. The van der Waals surface area contributed by atoms with Crippen molar-refractivity contribution in [1.82, 2.24) is 4.57 Å². The molecule has 0 saturated carbocycles. The van der Waals surface area contributed by atoms with Crippen LogP contribution in [0.15, 0.2) is 41.3 Å². The predicted molar refractivity (Wildman–Crippen MR) is 77.0 cm³/mol. The number of rotatable bonds is 4. The summed E-state index contributed by atoms with van der Waals surface area (Å²) in [6.07, 6.45) is 1.64. The molecule has 0 atom stereocenters. The molecule has 0 aliphatic heterocycles. The van der Waals surface area contributed by atoms with E-state index in [0.717, 1.165) is 11.3 Å². The smallest absolute Gasteiger partial charge is 0.223 e. The van der Waals surface area contributed by atoms with Gasteiger partial charge in [-0.3, -0.25) is 4.79 Å². The third-order valence-corrected chi connectivity index (χ3v) is 3.42. The summed E-state index contributed by atoms with van der Waals surface area (Å²) in [4.78, 5) is 11.8. The molecule has 2 rings (SSSR count). The minimum absolute atomic E-state index is 0.180. The van der Waals surface area contributed by atoms with Crippen molar-refractivity contribution in [1.29, 1.82) is 0 Å². The van der Waals surface area contributed by atoms with Crippen molar-refractivity contribution in [3.8, 4) is 5.75 Å². The van der Waals surface area contributed by atoms with E-state index in [-0.39, 0.29) is 23.7 Å². The zero-order chi connectivity index (χ0) is 13.8. The molecule has 1 heterocycles. The van der Waals surface area contributed by atoms with Gasteiger partial charge in [-0.1, -0.05) is 29.8 Å². The van der Waals surface area contributed by atoms with Gasteiger partial charge < -0.3 is 9.30 Å². The number of ether oxygens (including phenoxy) is 1. The molecular weight excluding hydrogens is 285 g/mol. The molecule has 0 aliphatic rings. The van der Waals surface area contributed by atoms with Gasteiger partial charge >= 0.3 is 0 Å². The molecule has 0 N–H and O–H groups in total. The Bertz CT molecular complexity index is 638. The summed E-state index contributed by atoms with van der Waals surface area (Å²) in [7, 11) is 1.82. The van der Waals surface area contributed by atoms with Crippen molar-refractivity contribution in [3.63, 3.8) is 0 Å². The van der Waals surface area contributed by atoms with Gasteiger partial charge in [-0.05, 0) is 6.07 Å². The molecule has 0 unspecified atom stereocenters. The van der Waals surface area contributed by atoms with Gasteiger partial charge in [0.25, 0.3) is 0 Å². The number of aromatic nitrogens is 1. The second-order valence-corrected chi connectivity index (χ2v) is 4.79. The molecule has 5 heteroatoms. The van der Waals surface area contributed by atoms with Crippen molar-refractivity contribution < 1.29 is 4.74 Å². The minimum atomic E-state index is -0.180. The van der Waals surface area contributed by atoms with E-state index < -0.39 is 0 Å². The SMILES string of the molecule is Cn1cc(OCc2ccccc2Cl)c(=O)cc1CCl. The molecule has 1 aromatic heterocycles. The second kappa shape index (κ2) is 6.13. The first-order valence-electron chi connectivity index (χ1n) is 5.73. The normalized spacial score (nSPS) is 10.5. The van der Waals surface area contributed by atoms with E-state index in [1.54, 1.807) is 16.8 Å². The maximum atomic E-state index is 11.8. The third kappa shape index (κ3) is 3.31. The molecule has 100 valence electrons. The zero-order valence-corrected chi connectivity index (χ0v) is 11.9. The van der Waals surface area contributed by atoms with Crippen LogP contribution in [0.1, 0.15) is 11.3 Å². The average molecular weight is 298 g/mol. The third-order valence-electron chi connectivity index (χ3n) is 2.78. The van der Waals surface area contributed by atoms with Gasteiger partial charge in [-0.15, -0.1) is 11.6 Å². The van der Waals surface area contributed by atoms with E-state index in [1.807, 2.05) is 25.2 Å². The summed E-state index contributed by atoms with van der Waals surface area (Å²) < 4.78 is 7.30. The fraction of sp³-hybridized carbons (Fsp3) is 0.214. The van der Waals surface area contributed by atoms with E-state index in [0.29, 0.717) is 5.02 Å². The monoisotopic (exact) mass is 297 g/mol. The highest BCUT2D eigenvalue weighted by Crippen LogP contribution is 2.17. The number of halogens is 2. The van der Waals surface area contributed by atoms with Gasteiger partial charge in [-0.2, -0.15) is 0 Å². The van der Waals surface area contributed by atoms with Gasteiger partial charge in [-0.25, -0.2) is 0 Å². The molecule has 0 amide bonds. The highest BCUT2D eigenvalue weighted by Gasteiger charge is 2.06. The van der Waals surface area contributed by atoms with Crippen LogP contribution in [-0.2, 0) is 19.5 Å². The fourth-order valence-electron chi connectivity index (χ4n) is 1.66. The zero-order valence-electron chi connectivity index (χ0n) is 10.4. The molecule has 2 aromatic rings. The highest BCUT2D eigenvalue weighted by molar-refractivity contribution is 6.31. The van der Waals surface area contributed by atoms with E-state index in [2.05, 4.69) is 0 Å². The number of aryl methyl sites for hydroxylation is 1. The predicted octanol–water partition coefficient (Wildman–Crippen LogP) is 3.36. The lowest BCUT2D eigenvalue weighted by Gasteiger charge is -2.10. The molecule has 0 fully saturated rings. The Hall–Kier alpha value is -1.45. The first kappa shape index (κ1) is 14.0. The van der Waals surface area contributed by atoms with Crippen molar-refractivity contribution in [2.24, 2.45) is 7.05 Å². The first-order valence-corrected chi connectivity index (χ1v) is 6.65. The van der Waals surface area contributed by atoms with Crippen LogP contribution in [0.3, 0.4) is 0 Å². The van der Waals surface area contributed by atoms with Crippen LogP contribution in [0.4, 0.5) is 0 Å². The molecular formula is C14H13Cl2NO2. The lowest BCUT2D eigenvalue weighted by Crippen LogP contribution is -2.13. The molecule has 0 saturated heterocycles. The number of benzene rings is 1. The van der Waals surface area contributed by atoms with E-state index in [4.69, 9.17) is 27.9 Å². The van der Waals surface area contributed by atoms with E-state index in [1.165, 1.54) is 6.07 Å². The summed E-state index contributed by atoms with van der Waals surface area (Å²) in [6.45, 7) is 0.259. The van der Waals surface area contributed by atoms with Crippen LogP contribution in [0.25, 0.3) is 0 Å². The van der Waals surface area contributed by atoms with Gasteiger partial charge in [0.15, 0.2) is 5.75 Å². The number of nitrogens with zero attached hydrogens (tertiary/aromatic N) is 1. The van der Waals surface area contributed by atoms with Crippen LogP contribution in [0, 0.1) is 0 Å².